The van der Waals surface area contributed by atoms with Gasteiger partial charge in [-0.2, -0.15) is 0 Å². The van der Waals surface area contributed by atoms with Gasteiger partial charge >= 0.3 is 6.03 Å². The van der Waals surface area contributed by atoms with Gasteiger partial charge in [0.05, 0.1) is 11.8 Å². The minimum Gasteiger partial charge on any atom is -0.378 e. The molecule has 1 atom stereocenters. The maximum absolute atomic E-state index is 12.2. The van der Waals surface area contributed by atoms with E-state index in [9.17, 15) is 4.79 Å². The molecule has 1 aromatic heterocycles. The van der Waals surface area contributed by atoms with E-state index in [-0.39, 0.29) is 6.03 Å². The molecule has 2 aliphatic rings. The quantitative estimate of drug-likeness (QED) is 0.893. The highest BCUT2D eigenvalue weighted by Crippen LogP contribution is 2.14. The van der Waals surface area contributed by atoms with Crippen LogP contribution in [0.1, 0.15) is 25.0 Å². The molecular weight excluding hydrogens is 292 g/mol. The largest absolute Gasteiger partial charge is 0.378 e. The number of nitrogens with one attached hydrogen (secondary N) is 1. The van der Waals surface area contributed by atoms with Crippen molar-refractivity contribution in [3.05, 3.63) is 30.1 Å². The van der Waals surface area contributed by atoms with Gasteiger partial charge in [0.1, 0.15) is 0 Å². The Bertz CT molecular complexity index is 483. The van der Waals surface area contributed by atoms with E-state index in [1.165, 1.54) is 0 Å². The summed E-state index contributed by atoms with van der Waals surface area (Å²) in [5.74, 6) is 0. The zero-order valence-corrected chi connectivity index (χ0v) is 13.6. The van der Waals surface area contributed by atoms with Gasteiger partial charge < -0.3 is 15.0 Å². The van der Waals surface area contributed by atoms with E-state index < -0.39 is 0 Å². The zero-order chi connectivity index (χ0) is 15.9. The molecule has 2 aliphatic heterocycles. The number of nitrogens with zero attached hydrogens (tertiary/aromatic N) is 3. The first-order valence-corrected chi connectivity index (χ1v) is 8.58. The lowest BCUT2D eigenvalue weighted by atomic mass is 10.2. The molecule has 0 spiro atoms. The van der Waals surface area contributed by atoms with Crippen LogP contribution >= 0.6 is 0 Å². The van der Waals surface area contributed by atoms with Gasteiger partial charge in [-0.05, 0) is 31.4 Å². The molecule has 2 amide bonds. The summed E-state index contributed by atoms with van der Waals surface area (Å²) in [5.41, 5.74) is 1.09. The van der Waals surface area contributed by atoms with Gasteiger partial charge in [-0.15, -0.1) is 0 Å². The van der Waals surface area contributed by atoms with E-state index in [0.717, 1.165) is 64.3 Å². The van der Waals surface area contributed by atoms with Gasteiger partial charge in [-0.3, -0.25) is 9.88 Å². The van der Waals surface area contributed by atoms with E-state index in [2.05, 4.69) is 15.2 Å². The van der Waals surface area contributed by atoms with Crippen molar-refractivity contribution in [2.75, 3.05) is 39.3 Å². The van der Waals surface area contributed by atoms with Crippen LogP contribution in [-0.4, -0.2) is 66.2 Å². The monoisotopic (exact) mass is 318 g/mol. The average Bonchev–Trinajstić information content (AvgIpc) is 3.10. The van der Waals surface area contributed by atoms with E-state index in [1.54, 1.807) is 0 Å². The first kappa shape index (κ1) is 16.2. The third-order valence-electron chi connectivity index (χ3n) is 4.54. The summed E-state index contributed by atoms with van der Waals surface area (Å²) in [7, 11) is 0. The number of pyridine rings is 1. The van der Waals surface area contributed by atoms with Gasteiger partial charge in [-0.1, -0.05) is 6.07 Å². The van der Waals surface area contributed by atoms with Crippen LogP contribution in [0.5, 0.6) is 0 Å². The molecule has 0 aliphatic carbocycles. The van der Waals surface area contributed by atoms with Crippen LogP contribution in [0, 0.1) is 0 Å². The van der Waals surface area contributed by atoms with E-state index in [1.807, 2.05) is 29.3 Å². The molecule has 0 aromatic carbocycles. The van der Waals surface area contributed by atoms with E-state index >= 15 is 0 Å². The van der Waals surface area contributed by atoms with Gasteiger partial charge in [0.15, 0.2) is 0 Å². The third-order valence-corrected chi connectivity index (χ3v) is 4.54. The molecule has 0 saturated carbocycles. The lowest BCUT2D eigenvalue weighted by Crippen LogP contribution is -2.51. The van der Waals surface area contributed by atoms with Gasteiger partial charge in [0.2, 0.25) is 0 Å². The van der Waals surface area contributed by atoms with Crippen LogP contribution in [0.25, 0.3) is 0 Å². The molecule has 1 aromatic rings. The van der Waals surface area contributed by atoms with Crippen LogP contribution in [0.3, 0.4) is 0 Å². The van der Waals surface area contributed by atoms with Crippen LogP contribution < -0.4 is 5.32 Å². The fourth-order valence-corrected chi connectivity index (χ4v) is 3.15. The number of piperazine rings is 1. The molecule has 0 bridgehead atoms. The number of hydrogen-bond donors (Lipinski definition) is 1. The lowest BCUT2D eigenvalue weighted by molar-refractivity contribution is 0.103. The van der Waals surface area contributed by atoms with Crippen LogP contribution in [0.2, 0.25) is 0 Å². The number of carbonyl (C=O) groups is 1. The smallest absolute Gasteiger partial charge is 0.317 e. The van der Waals surface area contributed by atoms with Crippen molar-refractivity contribution in [3.63, 3.8) is 0 Å². The molecule has 6 nitrogen and oxygen atoms in total. The fourth-order valence-electron chi connectivity index (χ4n) is 3.15. The molecule has 0 radical (unpaired) electrons. The second kappa shape index (κ2) is 8.26. The number of hydrogen-bond acceptors (Lipinski definition) is 4. The maximum atomic E-state index is 12.2. The second-order valence-corrected chi connectivity index (χ2v) is 6.24. The molecular formula is C17H26N4O2. The number of rotatable bonds is 5. The normalized spacial score (nSPS) is 22.3. The molecule has 1 N–H and O–H groups in total. The summed E-state index contributed by atoms with van der Waals surface area (Å²) in [6, 6.07) is 6.05. The number of carbonyl (C=O) groups excluding carboxylic acids is 1. The van der Waals surface area contributed by atoms with Crippen molar-refractivity contribution >= 4 is 6.03 Å². The van der Waals surface area contributed by atoms with Crippen molar-refractivity contribution in [2.24, 2.45) is 0 Å². The van der Waals surface area contributed by atoms with Gasteiger partial charge in [0.25, 0.3) is 0 Å². The summed E-state index contributed by atoms with van der Waals surface area (Å²) in [4.78, 5) is 20.8. The summed E-state index contributed by atoms with van der Waals surface area (Å²) in [6.07, 6.45) is 5.36. The van der Waals surface area contributed by atoms with Crippen molar-refractivity contribution in [1.82, 2.24) is 20.1 Å². The average molecular weight is 318 g/mol. The Labute approximate surface area is 137 Å². The Balaban J connectivity index is 1.34. The van der Waals surface area contributed by atoms with Crippen molar-refractivity contribution in [1.29, 1.82) is 0 Å². The minimum absolute atomic E-state index is 0.0560. The van der Waals surface area contributed by atoms with Gasteiger partial charge in [0, 0.05) is 52.1 Å². The van der Waals surface area contributed by atoms with Crippen LogP contribution in [0.15, 0.2) is 24.4 Å². The van der Waals surface area contributed by atoms with Crippen LogP contribution in [0.4, 0.5) is 4.79 Å². The molecule has 3 heterocycles. The molecule has 3 rings (SSSR count). The Morgan fingerprint density at radius 3 is 2.87 bits per heavy atom. The highest BCUT2D eigenvalue weighted by Gasteiger charge is 2.21. The zero-order valence-electron chi connectivity index (χ0n) is 13.6. The SMILES string of the molecule is O=C(NCCC1CCCO1)N1CCN(Cc2ccccn2)CC1. The molecule has 1 unspecified atom stereocenters. The first-order chi connectivity index (χ1) is 11.3. The van der Waals surface area contributed by atoms with Crippen molar-refractivity contribution < 1.29 is 9.53 Å². The third kappa shape index (κ3) is 4.91. The number of aromatic nitrogens is 1. The molecule has 2 saturated heterocycles. The standard InChI is InChI=1S/C17H26N4O2/c22-17(19-8-6-16-5-3-13-23-16)21-11-9-20(10-12-21)14-15-4-1-2-7-18-15/h1-2,4,7,16H,3,5-6,8-14H2,(H,19,22). The predicted octanol–water partition coefficient (Wildman–Crippen LogP) is 1.48. The summed E-state index contributed by atoms with van der Waals surface area (Å²) >= 11 is 0. The molecule has 6 heteroatoms. The fraction of sp³-hybridized carbons (Fsp3) is 0.647. The highest BCUT2D eigenvalue weighted by molar-refractivity contribution is 5.74. The lowest BCUT2D eigenvalue weighted by Gasteiger charge is -2.34. The Kier molecular flexibility index (Phi) is 5.82. The predicted molar refractivity (Wildman–Crippen MR) is 88.1 cm³/mol. The first-order valence-electron chi connectivity index (χ1n) is 8.58. The number of amides is 2. The highest BCUT2D eigenvalue weighted by atomic mass is 16.5. The van der Waals surface area contributed by atoms with E-state index in [4.69, 9.17) is 4.74 Å². The van der Waals surface area contributed by atoms with Crippen molar-refractivity contribution in [2.45, 2.75) is 31.9 Å². The Hall–Kier alpha value is -1.66. The Morgan fingerprint density at radius 2 is 2.17 bits per heavy atom. The summed E-state index contributed by atoms with van der Waals surface area (Å²) in [5, 5.41) is 3.02. The molecule has 126 valence electrons. The second-order valence-electron chi connectivity index (χ2n) is 6.24. The minimum atomic E-state index is 0.0560. The number of ether oxygens (including phenoxy) is 1. The summed E-state index contributed by atoms with van der Waals surface area (Å²) in [6.45, 7) is 5.78. The van der Waals surface area contributed by atoms with E-state index in [0.29, 0.717) is 12.6 Å². The Morgan fingerprint density at radius 1 is 1.30 bits per heavy atom. The molecule has 2 fully saturated rings. The molecule has 23 heavy (non-hydrogen) atoms. The summed E-state index contributed by atoms with van der Waals surface area (Å²) < 4.78 is 5.57. The van der Waals surface area contributed by atoms with Crippen molar-refractivity contribution in [3.8, 4) is 0 Å². The maximum Gasteiger partial charge on any atom is 0.317 e. The number of urea groups is 1. The van der Waals surface area contributed by atoms with Gasteiger partial charge in [-0.25, -0.2) is 4.79 Å². The topological polar surface area (TPSA) is 57.7 Å². The van der Waals surface area contributed by atoms with Crippen LogP contribution in [-0.2, 0) is 11.3 Å².